The molecule has 0 aliphatic rings. The molecule has 0 saturated carbocycles. The standard InChI is InChI=1S/C25H28P2/c1-19(2)18-25-21(4)20(3)24(26-25)16-11-17-27(22-12-7-5-8-13-22)23-14-9-6-10-15-23/h5-16,18,26H,17H2,1-4H3/b16-11+. The summed E-state index contributed by atoms with van der Waals surface area (Å²) in [6.45, 7) is 8.89. The van der Waals surface area contributed by atoms with Crippen molar-refractivity contribution >= 4 is 38.9 Å². The van der Waals surface area contributed by atoms with Gasteiger partial charge in [-0.2, -0.15) is 0 Å². The van der Waals surface area contributed by atoms with E-state index >= 15 is 0 Å². The third kappa shape index (κ3) is 5.10. The number of hydrogen-bond acceptors (Lipinski definition) is 0. The molecule has 0 amide bonds. The Bertz CT molecular complexity index is 888. The molecule has 0 radical (unpaired) electrons. The summed E-state index contributed by atoms with van der Waals surface area (Å²) in [4.78, 5) is 0. The largest absolute Gasteiger partial charge is 0.124 e. The van der Waals surface area contributed by atoms with Gasteiger partial charge in [-0.3, -0.25) is 0 Å². The monoisotopic (exact) mass is 390 g/mol. The lowest BCUT2D eigenvalue weighted by molar-refractivity contribution is 1.37. The van der Waals surface area contributed by atoms with Crippen LogP contribution in [0.5, 0.6) is 0 Å². The molecule has 2 heteroatoms. The van der Waals surface area contributed by atoms with Crippen LogP contribution < -0.4 is 10.6 Å². The van der Waals surface area contributed by atoms with Crippen molar-refractivity contribution in [1.82, 2.24) is 0 Å². The first-order chi connectivity index (χ1) is 13.1. The van der Waals surface area contributed by atoms with Crippen molar-refractivity contribution in [1.29, 1.82) is 0 Å². The number of rotatable bonds is 6. The SMILES string of the molecule is CC(C)=Cc1[pH]c(/C=C/CP(c2ccccc2)c2ccccc2)c(C)c1C. The maximum Gasteiger partial charge on any atom is -0.00534 e. The average Bonchev–Trinajstić information content (AvgIpc) is 2.94. The highest BCUT2D eigenvalue weighted by atomic mass is 31.1. The molecule has 0 spiro atoms. The molecular weight excluding hydrogens is 362 g/mol. The van der Waals surface area contributed by atoms with E-state index in [1.807, 2.05) is 0 Å². The Kier molecular flexibility index (Phi) is 6.89. The van der Waals surface area contributed by atoms with E-state index in [2.05, 4.69) is 107 Å². The van der Waals surface area contributed by atoms with Gasteiger partial charge in [0.25, 0.3) is 0 Å². The maximum absolute atomic E-state index is 2.40. The minimum absolute atomic E-state index is 0.353. The van der Waals surface area contributed by atoms with Gasteiger partial charge in [0.2, 0.25) is 0 Å². The van der Waals surface area contributed by atoms with Gasteiger partial charge in [-0.1, -0.05) is 84.5 Å². The Hall–Kier alpha value is -1.87. The van der Waals surface area contributed by atoms with E-state index in [-0.39, 0.29) is 7.92 Å². The summed E-state index contributed by atoms with van der Waals surface area (Å²) in [6.07, 6.45) is 8.21. The summed E-state index contributed by atoms with van der Waals surface area (Å²) in [5.41, 5.74) is 4.30. The molecule has 0 aliphatic heterocycles. The van der Waals surface area contributed by atoms with Gasteiger partial charge in [0, 0.05) is 0 Å². The zero-order chi connectivity index (χ0) is 19.2. The van der Waals surface area contributed by atoms with Crippen molar-refractivity contribution in [2.45, 2.75) is 27.7 Å². The second-order valence-corrected chi connectivity index (χ2v) is 10.7. The number of benzene rings is 2. The van der Waals surface area contributed by atoms with Crippen LogP contribution in [-0.2, 0) is 0 Å². The van der Waals surface area contributed by atoms with Gasteiger partial charge in [-0.25, -0.2) is 0 Å². The Morgan fingerprint density at radius 1 is 0.815 bits per heavy atom. The van der Waals surface area contributed by atoms with E-state index in [9.17, 15) is 0 Å². The predicted molar refractivity (Wildman–Crippen MR) is 128 cm³/mol. The van der Waals surface area contributed by atoms with Crippen molar-refractivity contribution in [3.8, 4) is 0 Å². The lowest BCUT2D eigenvalue weighted by atomic mass is 10.1. The average molecular weight is 390 g/mol. The zero-order valence-corrected chi connectivity index (χ0v) is 18.6. The Balaban J connectivity index is 1.85. The normalized spacial score (nSPS) is 11.6. The molecule has 3 aromatic rings. The van der Waals surface area contributed by atoms with Crippen LogP contribution in [0.15, 0.2) is 72.3 Å². The second kappa shape index (κ2) is 9.36. The van der Waals surface area contributed by atoms with Crippen LogP contribution in [0.2, 0.25) is 0 Å². The second-order valence-electron chi connectivity index (χ2n) is 7.11. The molecule has 0 bridgehead atoms. The zero-order valence-electron chi connectivity index (χ0n) is 16.7. The molecule has 3 rings (SSSR count). The molecule has 2 aromatic carbocycles. The van der Waals surface area contributed by atoms with Gasteiger partial charge in [-0.05, 0) is 74.1 Å². The first kappa shape index (κ1) is 19.9. The Morgan fingerprint density at radius 3 is 1.85 bits per heavy atom. The fourth-order valence-electron chi connectivity index (χ4n) is 3.19. The van der Waals surface area contributed by atoms with Crippen LogP contribution in [0.3, 0.4) is 0 Å². The van der Waals surface area contributed by atoms with Crippen molar-refractivity contribution in [2.75, 3.05) is 6.16 Å². The van der Waals surface area contributed by atoms with Crippen molar-refractivity contribution in [3.63, 3.8) is 0 Å². The minimum atomic E-state index is -0.353. The first-order valence-electron chi connectivity index (χ1n) is 9.44. The van der Waals surface area contributed by atoms with Gasteiger partial charge in [0.05, 0.1) is 0 Å². The highest BCUT2D eigenvalue weighted by Gasteiger charge is 2.12. The van der Waals surface area contributed by atoms with Gasteiger partial charge in [0.1, 0.15) is 0 Å². The van der Waals surface area contributed by atoms with E-state index in [0.29, 0.717) is 0 Å². The van der Waals surface area contributed by atoms with E-state index in [0.717, 1.165) is 14.4 Å². The van der Waals surface area contributed by atoms with Crippen LogP contribution in [0.25, 0.3) is 12.2 Å². The minimum Gasteiger partial charge on any atom is -0.124 e. The summed E-state index contributed by atoms with van der Waals surface area (Å²) in [5.74, 6) is 0. The van der Waals surface area contributed by atoms with Crippen LogP contribution in [-0.4, -0.2) is 6.16 Å². The molecule has 0 saturated heterocycles. The smallest absolute Gasteiger partial charge is 0.00534 e. The molecule has 0 N–H and O–H groups in total. The third-order valence-electron chi connectivity index (χ3n) is 4.78. The quantitative estimate of drug-likeness (QED) is 0.401. The summed E-state index contributed by atoms with van der Waals surface area (Å²) < 4.78 is 0. The van der Waals surface area contributed by atoms with Gasteiger partial charge >= 0.3 is 0 Å². The third-order valence-corrected chi connectivity index (χ3v) is 8.80. The van der Waals surface area contributed by atoms with Crippen LogP contribution >= 0.6 is 16.1 Å². The summed E-state index contributed by atoms with van der Waals surface area (Å²) in [5, 5.41) is 5.89. The number of allylic oxidation sites excluding steroid dienone is 2. The fraction of sp³-hybridized carbons (Fsp3) is 0.200. The molecule has 1 heterocycles. The molecule has 0 fully saturated rings. The molecule has 138 valence electrons. The van der Waals surface area contributed by atoms with Crippen LogP contribution in [0.4, 0.5) is 0 Å². The summed E-state index contributed by atoms with van der Waals surface area (Å²) in [7, 11) is 0.431. The van der Waals surface area contributed by atoms with Gasteiger partial charge < -0.3 is 0 Å². The molecule has 27 heavy (non-hydrogen) atoms. The molecular formula is C25H28P2. The topological polar surface area (TPSA) is 0 Å². The van der Waals surface area contributed by atoms with E-state index < -0.39 is 0 Å². The molecule has 1 aromatic heterocycles. The Labute approximate surface area is 166 Å². The predicted octanol–water partition coefficient (Wildman–Crippen LogP) is 6.90. The highest BCUT2D eigenvalue weighted by Crippen LogP contribution is 2.37. The summed E-state index contributed by atoms with van der Waals surface area (Å²) >= 11 is 0. The first-order valence-corrected chi connectivity index (χ1v) is 12.0. The van der Waals surface area contributed by atoms with Crippen LogP contribution in [0.1, 0.15) is 35.6 Å². The lowest BCUT2D eigenvalue weighted by Gasteiger charge is -2.16. The molecule has 1 atom stereocenters. The summed E-state index contributed by atoms with van der Waals surface area (Å²) in [6, 6.07) is 21.9. The maximum atomic E-state index is 2.40. The molecule has 1 unspecified atom stereocenters. The van der Waals surface area contributed by atoms with Gasteiger partial charge in [-0.15, -0.1) is 8.19 Å². The van der Waals surface area contributed by atoms with Gasteiger partial charge in [0.15, 0.2) is 0 Å². The Morgan fingerprint density at radius 2 is 1.33 bits per heavy atom. The van der Waals surface area contributed by atoms with Crippen molar-refractivity contribution < 1.29 is 0 Å². The molecule has 0 nitrogen and oxygen atoms in total. The molecule has 0 aliphatic carbocycles. The lowest BCUT2D eigenvalue weighted by Crippen LogP contribution is -2.12. The van der Waals surface area contributed by atoms with E-state index in [4.69, 9.17) is 0 Å². The van der Waals surface area contributed by atoms with Crippen molar-refractivity contribution in [2.24, 2.45) is 0 Å². The van der Waals surface area contributed by atoms with E-state index in [1.165, 1.54) is 37.9 Å². The van der Waals surface area contributed by atoms with E-state index in [1.54, 1.807) is 0 Å². The number of hydrogen-bond donors (Lipinski definition) is 0. The van der Waals surface area contributed by atoms with Crippen molar-refractivity contribution in [3.05, 3.63) is 94.0 Å². The fourth-order valence-corrected chi connectivity index (χ4v) is 6.89. The highest BCUT2D eigenvalue weighted by molar-refractivity contribution is 7.73. The van der Waals surface area contributed by atoms with Crippen LogP contribution in [0, 0.1) is 13.8 Å².